The van der Waals surface area contributed by atoms with Gasteiger partial charge in [0, 0.05) is 12.2 Å². The lowest BCUT2D eigenvalue weighted by atomic mass is 10.2. The van der Waals surface area contributed by atoms with E-state index < -0.39 is 0 Å². The number of rotatable bonds is 1. The van der Waals surface area contributed by atoms with Crippen molar-refractivity contribution in [3.63, 3.8) is 0 Å². The molecule has 0 unspecified atom stereocenters. The molecule has 0 aliphatic rings. The number of aryl methyl sites for hydroxylation is 1. The third kappa shape index (κ3) is 1.70. The molecule has 1 rings (SSSR count). The Labute approximate surface area is 72.7 Å². The van der Waals surface area contributed by atoms with Crippen LogP contribution in [0.3, 0.4) is 0 Å². The Kier molecular flexibility index (Phi) is 2.46. The Morgan fingerprint density at radius 1 is 1.73 bits per heavy atom. The maximum absolute atomic E-state index is 11.0. The first-order chi connectivity index (χ1) is 5.15. The van der Waals surface area contributed by atoms with Crippen molar-refractivity contribution in [3.8, 4) is 0 Å². The standard InChI is InChI=1S/C7H9BrN2O/c1-4-2-5(8)7(11)10-6(4)3-9/h2H,3,9H2,1H3,(H,10,11). The van der Waals surface area contributed by atoms with Gasteiger partial charge in [-0.25, -0.2) is 0 Å². The van der Waals surface area contributed by atoms with Crippen LogP contribution in [0.1, 0.15) is 11.3 Å². The molecule has 1 aromatic rings. The van der Waals surface area contributed by atoms with Crippen LogP contribution in [0.5, 0.6) is 0 Å². The molecule has 3 N–H and O–H groups in total. The Hall–Kier alpha value is -0.610. The van der Waals surface area contributed by atoms with Gasteiger partial charge in [-0.15, -0.1) is 0 Å². The Morgan fingerprint density at radius 3 is 2.91 bits per heavy atom. The van der Waals surface area contributed by atoms with Crippen molar-refractivity contribution < 1.29 is 0 Å². The molecule has 0 amide bonds. The minimum atomic E-state index is -0.129. The second-order valence-corrected chi connectivity index (χ2v) is 3.17. The highest BCUT2D eigenvalue weighted by atomic mass is 79.9. The molecule has 0 fully saturated rings. The molecule has 11 heavy (non-hydrogen) atoms. The zero-order chi connectivity index (χ0) is 8.43. The van der Waals surface area contributed by atoms with Crippen LogP contribution < -0.4 is 11.3 Å². The largest absolute Gasteiger partial charge is 0.325 e. The van der Waals surface area contributed by atoms with Crippen LogP contribution in [0.15, 0.2) is 15.3 Å². The first-order valence-electron chi connectivity index (χ1n) is 3.23. The number of nitrogens with two attached hydrogens (primary N) is 1. The predicted octanol–water partition coefficient (Wildman–Crippen LogP) is 0.905. The van der Waals surface area contributed by atoms with Gasteiger partial charge in [-0.1, -0.05) is 0 Å². The average molecular weight is 217 g/mol. The van der Waals surface area contributed by atoms with Gasteiger partial charge in [-0.05, 0) is 34.5 Å². The highest BCUT2D eigenvalue weighted by Gasteiger charge is 2.00. The first-order valence-corrected chi connectivity index (χ1v) is 4.03. The topological polar surface area (TPSA) is 58.9 Å². The van der Waals surface area contributed by atoms with Gasteiger partial charge in [-0.3, -0.25) is 4.79 Å². The van der Waals surface area contributed by atoms with E-state index >= 15 is 0 Å². The molecule has 3 nitrogen and oxygen atoms in total. The monoisotopic (exact) mass is 216 g/mol. The third-order valence-corrected chi connectivity index (χ3v) is 2.09. The van der Waals surface area contributed by atoms with E-state index in [9.17, 15) is 4.79 Å². The maximum atomic E-state index is 11.0. The fraction of sp³-hybridized carbons (Fsp3) is 0.286. The van der Waals surface area contributed by atoms with Gasteiger partial charge >= 0.3 is 0 Å². The van der Waals surface area contributed by atoms with E-state index in [4.69, 9.17) is 5.73 Å². The van der Waals surface area contributed by atoms with Crippen LogP contribution in [0.4, 0.5) is 0 Å². The minimum Gasteiger partial charge on any atom is -0.325 e. The zero-order valence-corrected chi connectivity index (χ0v) is 7.73. The van der Waals surface area contributed by atoms with Gasteiger partial charge in [0.2, 0.25) is 0 Å². The van der Waals surface area contributed by atoms with Gasteiger partial charge < -0.3 is 10.7 Å². The molecule has 0 bridgehead atoms. The lowest BCUT2D eigenvalue weighted by Gasteiger charge is -2.01. The van der Waals surface area contributed by atoms with Crippen molar-refractivity contribution in [2.45, 2.75) is 13.5 Å². The molecule has 0 radical (unpaired) electrons. The van der Waals surface area contributed by atoms with E-state index in [0.717, 1.165) is 11.3 Å². The summed E-state index contributed by atoms with van der Waals surface area (Å²) >= 11 is 3.12. The number of halogens is 1. The summed E-state index contributed by atoms with van der Waals surface area (Å²) in [5.41, 5.74) is 7.04. The van der Waals surface area contributed by atoms with Gasteiger partial charge in [0.05, 0.1) is 4.47 Å². The molecular weight excluding hydrogens is 208 g/mol. The fourth-order valence-electron chi connectivity index (χ4n) is 0.850. The Balaban J connectivity index is 3.32. The van der Waals surface area contributed by atoms with Crippen molar-refractivity contribution in [1.82, 2.24) is 4.98 Å². The molecule has 60 valence electrons. The lowest BCUT2D eigenvalue weighted by Crippen LogP contribution is -2.13. The van der Waals surface area contributed by atoms with Crippen LogP contribution in [-0.2, 0) is 6.54 Å². The minimum absolute atomic E-state index is 0.129. The number of nitrogens with one attached hydrogen (secondary N) is 1. The van der Waals surface area contributed by atoms with Crippen LogP contribution in [0, 0.1) is 6.92 Å². The zero-order valence-electron chi connectivity index (χ0n) is 6.15. The van der Waals surface area contributed by atoms with Crippen LogP contribution in [-0.4, -0.2) is 4.98 Å². The van der Waals surface area contributed by atoms with E-state index in [1.807, 2.05) is 6.92 Å². The second-order valence-electron chi connectivity index (χ2n) is 2.31. The number of hydrogen-bond acceptors (Lipinski definition) is 2. The van der Waals surface area contributed by atoms with E-state index in [0.29, 0.717) is 11.0 Å². The summed E-state index contributed by atoms with van der Waals surface area (Å²) in [6.45, 7) is 2.28. The van der Waals surface area contributed by atoms with Gasteiger partial charge in [0.15, 0.2) is 0 Å². The molecule has 1 aromatic heterocycles. The number of hydrogen-bond donors (Lipinski definition) is 2. The second kappa shape index (κ2) is 3.19. The summed E-state index contributed by atoms with van der Waals surface area (Å²) in [6, 6.07) is 1.76. The Bertz CT molecular complexity index is 319. The maximum Gasteiger partial charge on any atom is 0.262 e. The molecule has 0 aliphatic carbocycles. The molecule has 4 heteroatoms. The van der Waals surface area contributed by atoms with Gasteiger partial charge in [-0.2, -0.15) is 0 Å². The number of H-pyrrole nitrogens is 1. The molecule has 0 aliphatic heterocycles. The summed E-state index contributed by atoms with van der Waals surface area (Å²) in [4.78, 5) is 13.7. The SMILES string of the molecule is Cc1cc(Br)c(=O)[nH]c1CN. The quantitative estimate of drug-likeness (QED) is 0.734. The molecule has 0 atom stereocenters. The molecule has 0 saturated heterocycles. The van der Waals surface area contributed by atoms with E-state index in [1.54, 1.807) is 6.07 Å². The van der Waals surface area contributed by atoms with Crippen molar-refractivity contribution in [1.29, 1.82) is 0 Å². The van der Waals surface area contributed by atoms with E-state index in [1.165, 1.54) is 0 Å². The smallest absolute Gasteiger partial charge is 0.262 e. The van der Waals surface area contributed by atoms with Crippen LogP contribution in [0.25, 0.3) is 0 Å². The summed E-state index contributed by atoms with van der Waals surface area (Å²) in [6.07, 6.45) is 0. The van der Waals surface area contributed by atoms with Crippen molar-refractivity contribution in [2.75, 3.05) is 0 Å². The van der Waals surface area contributed by atoms with Crippen molar-refractivity contribution in [2.24, 2.45) is 5.73 Å². The average Bonchev–Trinajstić information content (AvgIpc) is 1.97. The highest BCUT2D eigenvalue weighted by Crippen LogP contribution is 2.07. The predicted molar refractivity (Wildman–Crippen MR) is 47.4 cm³/mol. The molecule has 1 heterocycles. The number of pyridine rings is 1. The molecular formula is C7H9BrN2O. The van der Waals surface area contributed by atoms with Crippen LogP contribution >= 0.6 is 15.9 Å². The highest BCUT2D eigenvalue weighted by molar-refractivity contribution is 9.10. The lowest BCUT2D eigenvalue weighted by molar-refractivity contribution is 0.947. The Morgan fingerprint density at radius 2 is 2.36 bits per heavy atom. The molecule has 0 saturated carbocycles. The number of aromatic nitrogens is 1. The normalized spacial score (nSPS) is 10.1. The van der Waals surface area contributed by atoms with Crippen LogP contribution in [0.2, 0.25) is 0 Å². The molecule has 0 spiro atoms. The first kappa shape index (κ1) is 8.49. The van der Waals surface area contributed by atoms with Crippen molar-refractivity contribution >= 4 is 15.9 Å². The third-order valence-electron chi connectivity index (χ3n) is 1.50. The summed E-state index contributed by atoms with van der Waals surface area (Å²) in [5.74, 6) is 0. The van der Waals surface area contributed by atoms with Gasteiger partial charge in [0.25, 0.3) is 5.56 Å². The van der Waals surface area contributed by atoms with E-state index in [2.05, 4.69) is 20.9 Å². The summed E-state index contributed by atoms with van der Waals surface area (Å²) in [7, 11) is 0. The van der Waals surface area contributed by atoms with E-state index in [-0.39, 0.29) is 5.56 Å². The van der Waals surface area contributed by atoms with Gasteiger partial charge in [0.1, 0.15) is 0 Å². The van der Waals surface area contributed by atoms with Crippen molar-refractivity contribution in [3.05, 3.63) is 32.2 Å². The summed E-state index contributed by atoms with van der Waals surface area (Å²) < 4.78 is 0.548. The number of aromatic amines is 1. The summed E-state index contributed by atoms with van der Waals surface area (Å²) in [5, 5.41) is 0. The fourth-order valence-corrected chi connectivity index (χ4v) is 1.29. The molecule has 0 aromatic carbocycles.